The van der Waals surface area contributed by atoms with Crippen molar-refractivity contribution in [2.24, 2.45) is 11.1 Å². The lowest BCUT2D eigenvalue weighted by Gasteiger charge is -2.30. The fourth-order valence-corrected chi connectivity index (χ4v) is 3.10. The Bertz CT molecular complexity index is 488. The van der Waals surface area contributed by atoms with Gasteiger partial charge >= 0.3 is 0 Å². The summed E-state index contributed by atoms with van der Waals surface area (Å²) in [6.45, 7) is 2.02. The highest BCUT2D eigenvalue weighted by Gasteiger charge is 2.41. The number of thiocarbonyl (C=S) groups is 1. The summed E-state index contributed by atoms with van der Waals surface area (Å²) in [6, 6.07) is 7.79. The number of amides is 1. The lowest BCUT2D eigenvalue weighted by Crippen LogP contribution is -2.45. The molecular weight excluding hydrogens is 268 g/mol. The molecule has 0 unspecified atom stereocenters. The Kier molecular flexibility index (Phi) is 4.76. The van der Waals surface area contributed by atoms with E-state index >= 15 is 0 Å². The zero-order chi connectivity index (χ0) is 14.6. The maximum absolute atomic E-state index is 12.7. The molecule has 0 aliphatic heterocycles. The highest BCUT2D eigenvalue weighted by molar-refractivity contribution is 7.80. The monoisotopic (exact) mass is 290 g/mol. The van der Waals surface area contributed by atoms with Gasteiger partial charge in [-0.25, -0.2) is 0 Å². The summed E-state index contributed by atoms with van der Waals surface area (Å²) in [5, 5.41) is 2.98. The van der Waals surface area contributed by atoms with Crippen LogP contribution in [0.4, 0.5) is 5.69 Å². The normalized spacial score (nSPS) is 18.1. The molecule has 1 aromatic carbocycles. The van der Waals surface area contributed by atoms with Crippen molar-refractivity contribution < 1.29 is 4.79 Å². The highest BCUT2D eigenvalue weighted by atomic mass is 32.1. The number of benzene rings is 1. The minimum atomic E-state index is -0.670. The molecule has 4 heteroatoms. The van der Waals surface area contributed by atoms with E-state index in [0.717, 1.165) is 44.2 Å². The minimum Gasteiger partial charge on any atom is -0.392 e. The molecule has 1 saturated carbocycles. The number of aryl methyl sites for hydroxylation is 1. The Balaban J connectivity index is 2.18. The first-order chi connectivity index (χ1) is 9.54. The summed E-state index contributed by atoms with van der Waals surface area (Å²) in [4.78, 5) is 13.0. The van der Waals surface area contributed by atoms with Gasteiger partial charge in [0.2, 0.25) is 5.91 Å². The molecule has 1 amide bonds. The van der Waals surface area contributed by atoms with Crippen molar-refractivity contribution in [1.82, 2.24) is 0 Å². The van der Waals surface area contributed by atoms with Crippen LogP contribution in [-0.2, 0) is 4.79 Å². The van der Waals surface area contributed by atoms with Gasteiger partial charge in [0.25, 0.3) is 0 Å². The van der Waals surface area contributed by atoms with Crippen LogP contribution in [-0.4, -0.2) is 10.9 Å². The minimum absolute atomic E-state index is 0.0456. The Labute approximate surface area is 125 Å². The predicted octanol–water partition coefficient (Wildman–Crippen LogP) is 3.56. The molecule has 1 fully saturated rings. The molecule has 20 heavy (non-hydrogen) atoms. The van der Waals surface area contributed by atoms with Gasteiger partial charge in [0.15, 0.2) is 0 Å². The van der Waals surface area contributed by atoms with Crippen LogP contribution in [0.3, 0.4) is 0 Å². The zero-order valence-corrected chi connectivity index (χ0v) is 12.8. The highest BCUT2D eigenvalue weighted by Crippen LogP contribution is 2.36. The molecule has 3 N–H and O–H groups in total. The molecule has 0 spiro atoms. The Hall–Kier alpha value is -1.42. The molecule has 0 atom stereocenters. The van der Waals surface area contributed by atoms with E-state index in [2.05, 4.69) is 5.32 Å². The van der Waals surface area contributed by atoms with Crippen molar-refractivity contribution in [2.75, 3.05) is 5.32 Å². The second kappa shape index (κ2) is 6.35. The van der Waals surface area contributed by atoms with E-state index in [4.69, 9.17) is 18.0 Å². The van der Waals surface area contributed by atoms with Gasteiger partial charge in [-0.1, -0.05) is 55.6 Å². The van der Waals surface area contributed by atoms with Gasteiger partial charge in [-0.2, -0.15) is 0 Å². The Morgan fingerprint density at radius 3 is 2.20 bits per heavy atom. The third-order valence-corrected chi connectivity index (χ3v) is 4.56. The number of rotatable bonds is 3. The van der Waals surface area contributed by atoms with Crippen LogP contribution in [0.5, 0.6) is 0 Å². The first-order valence-electron chi connectivity index (χ1n) is 7.23. The van der Waals surface area contributed by atoms with Crippen LogP contribution < -0.4 is 11.1 Å². The SMILES string of the molecule is Cc1ccc(NC(=O)C2(C(N)=S)CCCCCC2)cc1. The van der Waals surface area contributed by atoms with Crippen molar-refractivity contribution in [1.29, 1.82) is 0 Å². The maximum atomic E-state index is 12.7. The first-order valence-corrected chi connectivity index (χ1v) is 7.63. The largest absolute Gasteiger partial charge is 0.392 e. The topological polar surface area (TPSA) is 55.1 Å². The molecule has 1 aromatic rings. The van der Waals surface area contributed by atoms with Crippen LogP contribution in [0.25, 0.3) is 0 Å². The van der Waals surface area contributed by atoms with Gasteiger partial charge in [0.05, 0.1) is 10.4 Å². The number of hydrogen-bond donors (Lipinski definition) is 2. The van der Waals surface area contributed by atoms with E-state index in [1.54, 1.807) is 0 Å². The van der Waals surface area contributed by atoms with Crippen molar-refractivity contribution >= 4 is 28.8 Å². The van der Waals surface area contributed by atoms with Gasteiger partial charge in [0.1, 0.15) is 0 Å². The Morgan fingerprint density at radius 2 is 1.70 bits per heavy atom. The van der Waals surface area contributed by atoms with E-state index in [0.29, 0.717) is 4.99 Å². The number of nitrogens with one attached hydrogen (secondary N) is 1. The fourth-order valence-electron chi connectivity index (χ4n) is 2.81. The quantitative estimate of drug-likeness (QED) is 0.661. The number of carbonyl (C=O) groups is 1. The van der Waals surface area contributed by atoms with Crippen LogP contribution >= 0.6 is 12.2 Å². The van der Waals surface area contributed by atoms with E-state index in [-0.39, 0.29) is 5.91 Å². The standard InChI is InChI=1S/C16H22N2OS/c1-12-6-8-13(9-7-12)18-15(19)16(14(17)20)10-4-2-3-5-11-16/h6-9H,2-5,10-11H2,1H3,(H2,17,20)(H,18,19). The summed E-state index contributed by atoms with van der Waals surface area (Å²) in [5.41, 5.74) is 7.23. The fraction of sp³-hybridized carbons (Fsp3) is 0.500. The van der Waals surface area contributed by atoms with E-state index in [1.165, 1.54) is 5.56 Å². The van der Waals surface area contributed by atoms with E-state index in [1.807, 2.05) is 31.2 Å². The molecule has 0 radical (unpaired) electrons. The molecule has 1 aliphatic rings. The molecule has 3 nitrogen and oxygen atoms in total. The molecule has 1 aliphatic carbocycles. The van der Waals surface area contributed by atoms with E-state index in [9.17, 15) is 4.79 Å². The van der Waals surface area contributed by atoms with Crippen molar-refractivity contribution in [3.8, 4) is 0 Å². The molecule has 2 rings (SSSR count). The van der Waals surface area contributed by atoms with E-state index < -0.39 is 5.41 Å². The smallest absolute Gasteiger partial charge is 0.237 e. The number of carbonyl (C=O) groups excluding carboxylic acids is 1. The zero-order valence-electron chi connectivity index (χ0n) is 11.9. The maximum Gasteiger partial charge on any atom is 0.237 e. The second-order valence-electron chi connectivity index (χ2n) is 5.68. The number of hydrogen-bond acceptors (Lipinski definition) is 2. The van der Waals surface area contributed by atoms with Crippen LogP contribution in [0, 0.1) is 12.3 Å². The first kappa shape index (κ1) is 15.0. The third kappa shape index (κ3) is 3.18. The molecule has 0 bridgehead atoms. The van der Waals surface area contributed by atoms with Crippen LogP contribution in [0.15, 0.2) is 24.3 Å². The molecular formula is C16H22N2OS. The average Bonchev–Trinajstić information content (AvgIpc) is 2.68. The van der Waals surface area contributed by atoms with Crippen LogP contribution in [0.1, 0.15) is 44.1 Å². The second-order valence-corrected chi connectivity index (χ2v) is 6.12. The summed E-state index contributed by atoms with van der Waals surface area (Å²) >= 11 is 5.22. The van der Waals surface area contributed by atoms with Gasteiger partial charge in [-0.15, -0.1) is 0 Å². The van der Waals surface area contributed by atoms with Gasteiger partial charge < -0.3 is 11.1 Å². The summed E-state index contributed by atoms with van der Waals surface area (Å²) in [6.07, 6.45) is 5.86. The molecule has 0 saturated heterocycles. The molecule has 108 valence electrons. The van der Waals surface area contributed by atoms with Gasteiger partial charge in [-0.05, 0) is 31.9 Å². The van der Waals surface area contributed by atoms with Crippen molar-refractivity contribution in [3.05, 3.63) is 29.8 Å². The van der Waals surface area contributed by atoms with Gasteiger partial charge in [0, 0.05) is 5.69 Å². The lowest BCUT2D eigenvalue weighted by molar-refractivity contribution is -0.122. The van der Waals surface area contributed by atoms with Crippen LogP contribution in [0.2, 0.25) is 0 Å². The molecule has 0 heterocycles. The predicted molar refractivity (Wildman–Crippen MR) is 86.7 cm³/mol. The average molecular weight is 290 g/mol. The third-order valence-electron chi connectivity index (χ3n) is 4.17. The molecule has 0 aromatic heterocycles. The van der Waals surface area contributed by atoms with Crippen molar-refractivity contribution in [2.45, 2.75) is 45.4 Å². The summed E-state index contributed by atoms with van der Waals surface area (Å²) in [7, 11) is 0. The summed E-state index contributed by atoms with van der Waals surface area (Å²) < 4.78 is 0. The van der Waals surface area contributed by atoms with Gasteiger partial charge in [-0.3, -0.25) is 4.79 Å². The number of anilines is 1. The lowest BCUT2D eigenvalue weighted by atomic mass is 9.79. The van der Waals surface area contributed by atoms with Crippen molar-refractivity contribution in [3.63, 3.8) is 0 Å². The Morgan fingerprint density at radius 1 is 1.15 bits per heavy atom. The number of nitrogens with two attached hydrogens (primary N) is 1. The summed E-state index contributed by atoms with van der Waals surface area (Å²) in [5.74, 6) is -0.0456.